The van der Waals surface area contributed by atoms with Gasteiger partial charge in [-0.3, -0.25) is 0 Å². The van der Waals surface area contributed by atoms with Gasteiger partial charge in [-0.05, 0) is 23.3 Å². The Hall–Kier alpha value is -2.75. The summed E-state index contributed by atoms with van der Waals surface area (Å²) in [7, 11) is 1.66. The molecular weight excluding hydrogens is 274 g/mol. The van der Waals surface area contributed by atoms with Crippen molar-refractivity contribution < 1.29 is 4.74 Å². The van der Waals surface area contributed by atoms with Crippen molar-refractivity contribution in [3.05, 3.63) is 77.5 Å². The molecule has 4 heteroatoms. The fraction of sp³-hybridized carbons (Fsp3) is 0.167. The minimum absolute atomic E-state index is 0.657. The SMILES string of the molecule is COc1ccc(Cn2ncc(Cc3ccccc3)c2N)cc1. The van der Waals surface area contributed by atoms with E-state index in [4.69, 9.17) is 10.5 Å². The second-order valence-corrected chi connectivity index (χ2v) is 5.22. The van der Waals surface area contributed by atoms with Gasteiger partial charge in [0.1, 0.15) is 11.6 Å². The van der Waals surface area contributed by atoms with Crippen molar-refractivity contribution in [1.82, 2.24) is 9.78 Å². The molecule has 0 aliphatic heterocycles. The number of ether oxygens (including phenoxy) is 1. The molecule has 0 amide bonds. The molecule has 3 rings (SSSR count). The highest BCUT2D eigenvalue weighted by Gasteiger charge is 2.08. The fourth-order valence-corrected chi connectivity index (χ4v) is 2.42. The third kappa shape index (κ3) is 3.11. The topological polar surface area (TPSA) is 53.1 Å². The van der Waals surface area contributed by atoms with E-state index in [9.17, 15) is 0 Å². The lowest BCUT2D eigenvalue weighted by Gasteiger charge is -2.07. The molecule has 2 N–H and O–H groups in total. The van der Waals surface area contributed by atoms with E-state index in [1.54, 1.807) is 7.11 Å². The number of anilines is 1. The summed E-state index contributed by atoms with van der Waals surface area (Å²) in [5.74, 6) is 1.57. The van der Waals surface area contributed by atoms with E-state index in [0.29, 0.717) is 6.54 Å². The van der Waals surface area contributed by atoms with Crippen molar-refractivity contribution in [1.29, 1.82) is 0 Å². The maximum atomic E-state index is 6.23. The van der Waals surface area contributed by atoms with E-state index in [-0.39, 0.29) is 0 Å². The van der Waals surface area contributed by atoms with Gasteiger partial charge in [-0.2, -0.15) is 5.10 Å². The van der Waals surface area contributed by atoms with Gasteiger partial charge in [0, 0.05) is 12.0 Å². The summed E-state index contributed by atoms with van der Waals surface area (Å²) in [5.41, 5.74) is 9.66. The predicted octanol–water partition coefficient (Wildman–Crippen LogP) is 3.11. The molecule has 0 atom stereocenters. The zero-order chi connectivity index (χ0) is 15.4. The minimum Gasteiger partial charge on any atom is -0.497 e. The van der Waals surface area contributed by atoms with Gasteiger partial charge in [-0.1, -0.05) is 42.5 Å². The highest BCUT2D eigenvalue weighted by molar-refractivity contribution is 5.42. The number of nitrogens with zero attached hydrogens (tertiary/aromatic N) is 2. The van der Waals surface area contributed by atoms with Crippen molar-refractivity contribution in [3.63, 3.8) is 0 Å². The van der Waals surface area contributed by atoms with Crippen LogP contribution in [0, 0.1) is 0 Å². The average molecular weight is 293 g/mol. The first-order chi connectivity index (χ1) is 10.8. The lowest BCUT2D eigenvalue weighted by molar-refractivity contribution is 0.414. The largest absolute Gasteiger partial charge is 0.497 e. The van der Waals surface area contributed by atoms with E-state index in [1.807, 2.05) is 53.3 Å². The predicted molar refractivity (Wildman–Crippen MR) is 88.0 cm³/mol. The summed E-state index contributed by atoms with van der Waals surface area (Å²) in [6.07, 6.45) is 2.65. The van der Waals surface area contributed by atoms with E-state index in [0.717, 1.165) is 29.1 Å². The zero-order valence-corrected chi connectivity index (χ0v) is 12.6. The van der Waals surface area contributed by atoms with Gasteiger partial charge >= 0.3 is 0 Å². The van der Waals surface area contributed by atoms with Crippen molar-refractivity contribution in [2.45, 2.75) is 13.0 Å². The highest BCUT2D eigenvalue weighted by atomic mass is 16.5. The molecule has 22 heavy (non-hydrogen) atoms. The minimum atomic E-state index is 0.657. The molecule has 0 fully saturated rings. The first-order valence-electron chi connectivity index (χ1n) is 7.23. The van der Waals surface area contributed by atoms with Crippen LogP contribution in [0.25, 0.3) is 0 Å². The highest BCUT2D eigenvalue weighted by Crippen LogP contribution is 2.18. The molecule has 2 aromatic carbocycles. The lowest BCUT2D eigenvalue weighted by atomic mass is 10.1. The van der Waals surface area contributed by atoms with Crippen LogP contribution in [0.3, 0.4) is 0 Å². The van der Waals surface area contributed by atoms with Crippen LogP contribution in [0.4, 0.5) is 5.82 Å². The molecule has 3 aromatic rings. The molecule has 0 saturated heterocycles. The van der Waals surface area contributed by atoms with Gasteiger partial charge in [0.05, 0.1) is 19.9 Å². The Kier molecular flexibility index (Phi) is 4.10. The van der Waals surface area contributed by atoms with Crippen LogP contribution < -0.4 is 10.5 Å². The third-order valence-electron chi connectivity index (χ3n) is 3.69. The number of hydrogen-bond donors (Lipinski definition) is 1. The molecular formula is C18H19N3O. The molecule has 0 spiro atoms. The molecule has 1 aromatic heterocycles. The molecule has 0 bridgehead atoms. The van der Waals surface area contributed by atoms with Crippen LogP contribution in [0.2, 0.25) is 0 Å². The van der Waals surface area contributed by atoms with Gasteiger partial charge in [0.2, 0.25) is 0 Å². The molecule has 0 saturated carbocycles. The molecule has 1 heterocycles. The summed E-state index contributed by atoms with van der Waals surface area (Å²) in [6, 6.07) is 18.2. The molecule has 0 unspecified atom stereocenters. The number of rotatable bonds is 5. The van der Waals surface area contributed by atoms with Crippen LogP contribution in [-0.4, -0.2) is 16.9 Å². The molecule has 112 valence electrons. The van der Waals surface area contributed by atoms with Crippen LogP contribution >= 0.6 is 0 Å². The molecule has 4 nitrogen and oxygen atoms in total. The Balaban J connectivity index is 1.75. The van der Waals surface area contributed by atoms with Gasteiger partial charge in [0.25, 0.3) is 0 Å². The van der Waals surface area contributed by atoms with E-state index in [2.05, 4.69) is 17.2 Å². The summed E-state index contributed by atoms with van der Waals surface area (Å²) in [6.45, 7) is 0.657. The first kappa shape index (κ1) is 14.2. The Bertz CT molecular complexity index is 733. The average Bonchev–Trinajstić information content (AvgIpc) is 2.90. The Morgan fingerprint density at radius 2 is 1.73 bits per heavy atom. The molecule has 0 radical (unpaired) electrons. The maximum Gasteiger partial charge on any atom is 0.125 e. The number of hydrogen-bond acceptors (Lipinski definition) is 3. The fourth-order valence-electron chi connectivity index (χ4n) is 2.42. The summed E-state index contributed by atoms with van der Waals surface area (Å²) < 4.78 is 7.00. The Labute approximate surface area is 130 Å². The second kappa shape index (κ2) is 6.35. The normalized spacial score (nSPS) is 10.6. The lowest BCUT2D eigenvalue weighted by Crippen LogP contribution is -2.07. The Morgan fingerprint density at radius 3 is 2.41 bits per heavy atom. The number of methoxy groups -OCH3 is 1. The van der Waals surface area contributed by atoms with Crippen LogP contribution in [-0.2, 0) is 13.0 Å². The monoisotopic (exact) mass is 293 g/mol. The quantitative estimate of drug-likeness (QED) is 0.786. The van der Waals surface area contributed by atoms with E-state index in [1.165, 1.54) is 5.56 Å². The van der Waals surface area contributed by atoms with Crippen LogP contribution in [0.1, 0.15) is 16.7 Å². The number of aromatic nitrogens is 2. The van der Waals surface area contributed by atoms with Gasteiger partial charge < -0.3 is 10.5 Å². The maximum absolute atomic E-state index is 6.23. The van der Waals surface area contributed by atoms with Crippen molar-refractivity contribution in [3.8, 4) is 5.75 Å². The summed E-state index contributed by atoms with van der Waals surface area (Å²) in [4.78, 5) is 0. The number of nitrogen functional groups attached to an aromatic ring is 1. The van der Waals surface area contributed by atoms with Gasteiger partial charge in [-0.15, -0.1) is 0 Å². The second-order valence-electron chi connectivity index (χ2n) is 5.22. The molecule has 0 aliphatic carbocycles. The summed E-state index contributed by atoms with van der Waals surface area (Å²) >= 11 is 0. The number of nitrogens with two attached hydrogens (primary N) is 1. The van der Waals surface area contributed by atoms with Gasteiger partial charge in [0.15, 0.2) is 0 Å². The van der Waals surface area contributed by atoms with Gasteiger partial charge in [-0.25, -0.2) is 4.68 Å². The standard InChI is InChI=1S/C18H19N3O/c1-22-17-9-7-15(8-10-17)13-21-18(19)16(12-20-21)11-14-5-3-2-4-6-14/h2-10,12H,11,13,19H2,1H3. The third-order valence-corrected chi connectivity index (χ3v) is 3.69. The smallest absolute Gasteiger partial charge is 0.125 e. The first-order valence-corrected chi connectivity index (χ1v) is 7.23. The Morgan fingerprint density at radius 1 is 1.00 bits per heavy atom. The van der Waals surface area contributed by atoms with Crippen molar-refractivity contribution >= 4 is 5.82 Å². The van der Waals surface area contributed by atoms with Crippen LogP contribution in [0.15, 0.2) is 60.8 Å². The van der Waals surface area contributed by atoms with E-state index < -0.39 is 0 Å². The molecule has 0 aliphatic rings. The van der Waals surface area contributed by atoms with Crippen molar-refractivity contribution in [2.24, 2.45) is 0 Å². The van der Waals surface area contributed by atoms with Crippen LogP contribution in [0.5, 0.6) is 5.75 Å². The van der Waals surface area contributed by atoms with E-state index >= 15 is 0 Å². The number of benzene rings is 2. The summed E-state index contributed by atoms with van der Waals surface area (Å²) in [5, 5.41) is 4.41. The zero-order valence-electron chi connectivity index (χ0n) is 12.6. The van der Waals surface area contributed by atoms with Crippen molar-refractivity contribution in [2.75, 3.05) is 12.8 Å².